The number of H-pyrrole nitrogens is 1. The van der Waals surface area contributed by atoms with E-state index in [-0.39, 0.29) is 17.6 Å². The van der Waals surface area contributed by atoms with Crippen LogP contribution in [0.2, 0.25) is 0 Å². The third kappa shape index (κ3) is 6.27. The zero-order chi connectivity index (χ0) is 31.8. The number of amides is 1. The number of fused-ring (bicyclic) bond motifs is 3. The molecule has 3 N–H and O–H groups in total. The minimum absolute atomic E-state index is 0.0528. The Balaban J connectivity index is 0.000000493. The van der Waals surface area contributed by atoms with Crippen LogP contribution in [0.25, 0.3) is 23.1 Å². The van der Waals surface area contributed by atoms with Crippen molar-refractivity contribution < 1.29 is 41.4 Å². The van der Waals surface area contributed by atoms with Gasteiger partial charge in [-0.3, -0.25) is 9.89 Å². The molecule has 1 amide bonds. The number of aromatic amines is 1. The Morgan fingerprint density at radius 2 is 1.82 bits per heavy atom. The highest BCUT2D eigenvalue weighted by molar-refractivity contribution is 6.10. The first-order chi connectivity index (χ1) is 20.8. The fraction of sp³-hybridized carbons (Fsp3) is 0.258. The molecule has 4 aromatic rings. The Bertz CT molecular complexity index is 1730. The molecule has 1 saturated carbocycles. The maximum Gasteiger partial charge on any atom is 0.490 e. The number of carboxylic acids is 1. The Morgan fingerprint density at radius 1 is 1.11 bits per heavy atom. The largest absolute Gasteiger partial charge is 0.490 e. The van der Waals surface area contributed by atoms with Gasteiger partial charge in [0.25, 0.3) is 0 Å². The number of ether oxygens (including phenoxy) is 1. The first-order valence-corrected chi connectivity index (χ1v) is 13.4. The Morgan fingerprint density at radius 3 is 2.45 bits per heavy atom. The standard InChI is InChI=1S/C29H26F2N4O2.C2HF3O2/c1-35(2)16-18-5-3-17(4-6-18)7-11-24-21-10-8-19(13-26(21)34-33-24)23-15-29(23)22-14-20(37-28(30)31)9-12-25(22)32-27(29)36;3-2(4,5)1(6)7/h3-14,23,28H,15-16H2,1-2H3,(H,32,36)(H,33,34);(H,6,7)/b11-7+;/t23-,29-;/m0./s1. The predicted molar refractivity (Wildman–Crippen MR) is 153 cm³/mol. The maximum atomic E-state index is 13.0. The van der Waals surface area contributed by atoms with Crippen LogP contribution < -0.4 is 10.1 Å². The third-order valence-electron chi connectivity index (χ3n) is 7.48. The highest BCUT2D eigenvalue weighted by Gasteiger charge is 2.65. The van der Waals surface area contributed by atoms with Gasteiger partial charge in [-0.05, 0) is 73.1 Å². The van der Waals surface area contributed by atoms with Crippen LogP contribution in [0.5, 0.6) is 5.75 Å². The van der Waals surface area contributed by atoms with Crippen LogP contribution >= 0.6 is 0 Å². The molecule has 0 radical (unpaired) electrons. The predicted octanol–water partition coefficient (Wildman–Crippen LogP) is 6.41. The molecule has 2 aliphatic rings. The number of alkyl halides is 5. The van der Waals surface area contributed by atoms with Crippen molar-refractivity contribution in [3.05, 3.63) is 88.6 Å². The summed E-state index contributed by atoms with van der Waals surface area (Å²) in [7, 11) is 4.10. The second-order valence-corrected chi connectivity index (χ2v) is 10.8. The van der Waals surface area contributed by atoms with Crippen LogP contribution in [-0.4, -0.2) is 59.0 Å². The summed E-state index contributed by atoms with van der Waals surface area (Å²) < 4.78 is 61.8. The molecule has 6 rings (SSSR count). The van der Waals surface area contributed by atoms with E-state index in [1.165, 1.54) is 11.6 Å². The van der Waals surface area contributed by atoms with E-state index in [0.29, 0.717) is 17.7 Å². The number of benzene rings is 3. The van der Waals surface area contributed by atoms with Gasteiger partial charge in [-0.2, -0.15) is 27.1 Å². The second kappa shape index (κ2) is 11.7. The zero-order valence-electron chi connectivity index (χ0n) is 23.5. The van der Waals surface area contributed by atoms with Crippen LogP contribution in [0.3, 0.4) is 0 Å². The maximum absolute atomic E-state index is 13.0. The van der Waals surface area contributed by atoms with Crippen LogP contribution in [0.1, 0.15) is 40.3 Å². The average Bonchev–Trinajstić information content (AvgIpc) is 3.49. The normalized spacial score (nSPS) is 18.9. The molecule has 0 bridgehead atoms. The molecule has 1 aliphatic carbocycles. The summed E-state index contributed by atoms with van der Waals surface area (Å²) in [5, 5.41) is 18.6. The number of carbonyl (C=O) groups excluding carboxylic acids is 1. The van der Waals surface area contributed by atoms with E-state index in [1.807, 2.05) is 44.4 Å². The molecule has 13 heteroatoms. The van der Waals surface area contributed by atoms with Crippen molar-refractivity contribution in [1.29, 1.82) is 0 Å². The number of anilines is 1. The molecule has 2 heterocycles. The number of hydrogen-bond donors (Lipinski definition) is 3. The number of aliphatic carboxylic acids is 1. The quantitative estimate of drug-likeness (QED) is 0.208. The van der Waals surface area contributed by atoms with Gasteiger partial charge in [0.2, 0.25) is 5.91 Å². The van der Waals surface area contributed by atoms with Gasteiger partial charge in [-0.25, -0.2) is 4.79 Å². The van der Waals surface area contributed by atoms with Crippen molar-refractivity contribution in [2.75, 3.05) is 19.4 Å². The van der Waals surface area contributed by atoms with Gasteiger partial charge in [0, 0.05) is 23.5 Å². The first-order valence-electron chi connectivity index (χ1n) is 13.4. The molecule has 44 heavy (non-hydrogen) atoms. The molecule has 1 spiro atoms. The lowest BCUT2D eigenvalue weighted by Gasteiger charge is -2.11. The van der Waals surface area contributed by atoms with Gasteiger partial charge in [0.15, 0.2) is 0 Å². The summed E-state index contributed by atoms with van der Waals surface area (Å²) in [6, 6.07) is 19.1. The lowest BCUT2D eigenvalue weighted by atomic mass is 9.91. The highest BCUT2D eigenvalue weighted by atomic mass is 19.4. The summed E-state index contributed by atoms with van der Waals surface area (Å²) in [5.74, 6) is -2.86. The van der Waals surface area contributed by atoms with Crippen molar-refractivity contribution in [3.63, 3.8) is 0 Å². The lowest BCUT2D eigenvalue weighted by molar-refractivity contribution is -0.192. The smallest absolute Gasteiger partial charge is 0.475 e. The number of nitrogens with one attached hydrogen (secondary N) is 2. The average molecular weight is 615 g/mol. The monoisotopic (exact) mass is 614 g/mol. The van der Waals surface area contributed by atoms with Crippen LogP contribution in [0, 0.1) is 0 Å². The summed E-state index contributed by atoms with van der Waals surface area (Å²) in [6.45, 7) is -2.02. The lowest BCUT2D eigenvalue weighted by Crippen LogP contribution is -2.21. The van der Waals surface area contributed by atoms with Crippen LogP contribution in [-0.2, 0) is 21.5 Å². The zero-order valence-corrected chi connectivity index (χ0v) is 23.5. The van der Waals surface area contributed by atoms with E-state index in [1.54, 1.807) is 12.1 Å². The molecule has 230 valence electrons. The highest BCUT2D eigenvalue weighted by Crippen LogP contribution is 2.65. The fourth-order valence-corrected chi connectivity index (χ4v) is 5.42. The molecule has 0 unspecified atom stereocenters. The molecule has 0 saturated heterocycles. The number of hydrogen-bond acceptors (Lipinski definition) is 5. The van der Waals surface area contributed by atoms with E-state index in [0.717, 1.165) is 34.3 Å². The number of nitrogens with zero attached hydrogens (tertiary/aromatic N) is 2. The van der Waals surface area contributed by atoms with Crippen molar-refractivity contribution in [1.82, 2.24) is 15.1 Å². The Hall–Kier alpha value is -4.78. The number of carbonyl (C=O) groups is 2. The summed E-state index contributed by atoms with van der Waals surface area (Å²) in [4.78, 5) is 24.0. The van der Waals surface area contributed by atoms with Gasteiger partial charge in [0.05, 0.1) is 16.6 Å². The van der Waals surface area contributed by atoms with Crippen LogP contribution in [0.15, 0.2) is 60.7 Å². The molecular formula is C31H27F5N4O4. The molecule has 1 aliphatic heterocycles. The molecule has 2 atom stereocenters. The minimum Gasteiger partial charge on any atom is -0.475 e. The van der Waals surface area contributed by atoms with Crippen molar-refractivity contribution in [2.24, 2.45) is 0 Å². The first kappa shape index (κ1) is 30.7. The molecule has 3 aromatic carbocycles. The van der Waals surface area contributed by atoms with E-state index in [2.05, 4.69) is 49.4 Å². The van der Waals surface area contributed by atoms with E-state index >= 15 is 0 Å². The van der Waals surface area contributed by atoms with Gasteiger partial charge in [-0.15, -0.1) is 0 Å². The van der Waals surface area contributed by atoms with Gasteiger partial charge >= 0.3 is 18.8 Å². The topological polar surface area (TPSA) is 108 Å². The minimum atomic E-state index is -5.08. The fourth-order valence-electron chi connectivity index (χ4n) is 5.42. The summed E-state index contributed by atoms with van der Waals surface area (Å²) >= 11 is 0. The number of halogens is 5. The van der Waals surface area contributed by atoms with Crippen molar-refractivity contribution >= 4 is 40.6 Å². The number of aromatic nitrogens is 2. The van der Waals surface area contributed by atoms with Crippen molar-refractivity contribution in [2.45, 2.75) is 37.1 Å². The molecule has 8 nitrogen and oxygen atoms in total. The molecular weight excluding hydrogens is 587 g/mol. The molecule has 1 fully saturated rings. The van der Waals surface area contributed by atoms with Crippen LogP contribution in [0.4, 0.5) is 27.6 Å². The second-order valence-electron chi connectivity index (χ2n) is 10.8. The van der Waals surface area contributed by atoms with Crippen molar-refractivity contribution in [3.8, 4) is 5.75 Å². The van der Waals surface area contributed by atoms with Gasteiger partial charge < -0.3 is 20.1 Å². The number of carboxylic acid groups (broad SMARTS) is 1. The Labute approximate surface area is 248 Å². The van der Waals surface area contributed by atoms with Gasteiger partial charge in [0.1, 0.15) is 5.75 Å². The van der Waals surface area contributed by atoms with E-state index in [9.17, 15) is 26.7 Å². The van der Waals surface area contributed by atoms with Gasteiger partial charge in [-0.1, -0.05) is 42.5 Å². The Kier molecular flexibility index (Phi) is 8.17. The van der Waals surface area contributed by atoms with E-state index < -0.39 is 24.2 Å². The summed E-state index contributed by atoms with van der Waals surface area (Å²) in [5.41, 5.74) is 5.68. The number of rotatable bonds is 7. The van der Waals surface area contributed by atoms with E-state index in [4.69, 9.17) is 9.90 Å². The molecule has 1 aromatic heterocycles. The summed E-state index contributed by atoms with van der Waals surface area (Å²) in [6.07, 6.45) is -0.443. The third-order valence-corrected chi connectivity index (χ3v) is 7.48. The SMILES string of the molecule is CN(C)Cc1ccc(/C=C/c2n[nH]c3cc([C@@H]4C[C@@]45C(=O)Nc4ccc(OC(F)F)cc45)ccc23)cc1.O=C(O)C(F)(F)F.